The van der Waals surface area contributed by atoms with Crippen molar-refractivity contribution in [3.8, 4) is 0 Å². The molecule has 3 atom stereocenters. The molecule has 0 amide bonds. The van der Waals surface area contributed by atoms with Gasteiger partial charge in [0.2, 0.25) is 0 Å². The van der Waals surface area contributed by atoms with E-state index in [1.807, 2.05) is 0 Å². The molecule has 0 radical (unpaired) electrons. The second-order valence-corrected chi connectivity index (χ2v) is 5.27. The number of rotatable bonds is 7. The molecule has 3 unspecified atom stereocenters. The molecule has 1 aliphatic rings. The lowest BCUT2D eigenvalue weighted by atomic mass is 9.62. The molecule has 0 aromatic rings. The standard InChI is InChI=1S/C14H28/c1-4-6-7-8-10-14-12(3)11-13(14)9-5-2/h12-14H,4-11H2,1-3H3. The van der Waals surface area contributed by atoms with Crippen molar-refractivity contribution >= 4 is 0 Å². The Kier molecular flexibility index (Phi) is 5.59. The van der Waals surface area contributed by atoms with Gasteiger partial charge in [-0.2, -0.15) is 0 Å². The first-order valence-electron chi connectivity index (χ1n) is 6.79. The zero-order valence-electron chi connectivity index (χ0n) is 10.4. The van der Waals surface area contributed by atoms with Crippen LogP contribution in [0, 0.1) is 17.8 Å². The zero-order valence-corrected chi connectivity index (χ0v) is 10.4. The summed E-state index contributed by atoms with van der Waals surface area (Å²) in [6.45, 7) is 7.08. The monoisotopic (exact) mass is 196 g/mol. The molecular formula is C14H28. The van der Waals surface area contributed by atoms with Gasteiger partial charge in [-0.25, -0.2) is 0 Å². The van der Waals surface area contributed by atoms with Crippen LogP contribution >= 0.6 is 0 Å². The van der Waals surface area contributed by atoms with Crippen LogP contribution in [0.5, 0.6) is 0 Å². The van der Waals surface area contributed by atoms with Crippen molar-refractivity contribution in [3.05, 3.63) is 0 Å². The van der Waals surface area contributed by atoms with Crippen LogP contribution in [0.15, 0.2) is 0 Å². The average Bonchev–Trinajstić information content (AvgIpc) is 2.17. The molecule has 1 saturated carbocycles. The van der Waals surface area contributed by atoms with E-state index in [1.54, 1.807) is 0 Å². The van der Waals surface area contributed by atoms with Crippen LogP contribution in [0.2, 0.25) is 0 Å². The molecule has 1 aliphatic carbocycles. The fourth-order valence-electron chi connectivity index (χ4n) is 3.13. The smallest absolute Gasteiger partial charge is 0.0360 e. The van der Waals surface area contributed by atoms with E-state index in [4.69, 9.17) is 0 Å². The molecule has 0 aromatic carbocycles. The van der Waals surface area contributed by atoms with Crippen LogP contribution in [0.25, 0.3) is 0 Å². The van der Waals surface area contributed by atoms with E-state index in [1.165, 1.54) is 51.4 Å². The summed E-state index contributed by atoms with van der Waals surface area (Å²) in [5.74, 6) is 3.22. The lowest BCUT2D eigenvalue weighted by Crippen LogP contribution is -2.34. The van der Waals surface area contributed by atoms with Gasteiger partial charge in [0, 0.05) is 0 Å². The average molecular weight is 196 g/mol. The minimum atomic E-state index is 1.04. The number of unbranched alkanes of at least 4 members (excludes halogenated alkanes) is 3. The van der Waals surface area contributed by atoms with Crippen molar-refractivity contribution < 1.29 is 0 Å². The molecule has 0 heteroatoms. The fraction of sp³-hybridized carbons (Fsp3) is 1.00. The molecule has 1 rings (SSSR count). The number of hydrogen-bond donors (Lipinski definition) is 0. The van der Waals surface area contributed by atoms with E-state index in [-0.39, 0.29) is 0 Å². The molecular weight excluding hydrogens is 168 g/mol. The summed E-state index contributed by atoms with van der Waals surface area (Å²) in [4.78, 5) is 0. The lowest BCUT2D eigenvalue weighted by molar-refractivity contribution is 0.0667. The highest BCUT2D eigenvalue weighted by atomic mass is 14.4. The normalized spacial score (nSPS) is 31.5. The molecule has 0 aromatic heterocycles. The molecule has 0 N–H and O–H groups in total. The molecule has 1 fully saturated rings. The van der Waals surface area contributed by atoms with Gasteiger partial charge in [-0.15, -0.1) is 0 Å². The highest BCUT2D eigenvalue weighted by molar-refractivity contribution is 4.86. The zero-order chi connectivity index (χ0) is 10.4. The van der Waals surface area contributed by atoms with E-state index in [0.29, 0.717) is 0 Å². The van der Waals surface area contributed by atoms with Gasteiger partial charge < -0.3 is 0 Å². The van der Waals surface area contributed by atoms with Gasteiger partial charge in [-0.3, -0.25) is 0 Å². The van der Waals surface area contributed by atoms with Gasteiger partial charge in [0.25, 0.3) is 0 Å². The summed E-state index contributed by atoms with van der Waals surface area (Å²) in [6.07, 6.45) is 11.7. The molecule has 0 bridgehead atoms. The third kappa shape index (κ3) is 3.29. The first-order chi connectivity index (χ1) is 6.79. The second kappa shape index (κ2) is 6.48. The summed E-state index contributed by atoms with van der Waals surface area (Å²) in [7, 11) is 0. The number of hydrogen-bond acceptors (Lipinski definition) is 0. The fourth-order valence-corrected chi connectivity index (χ4v) is 3.13. The van der Waals surface area contributed by atoms with E-state index in [0.717, 1.165) is 17.8 Å². The summed E-state index contributed by atoms with van der Waals surface area (Å²) < 4.78 is 0. The van der Waals surface area contributed by atoms with Crippen molar-refractivity contribution in [1.29, 1.82) is 0 Å². The van der Waals surface area contributed by atoms with Crippen molar-refractivity contribution in [1.82, 2.24) is 0 Å². The Morgan fingerprint density at radius 1 is 0.929 bits per heavy atom. The molecule has 0 aliphatic heterocycles. The maximum Gasteiger partial charge on any atom is -0.0360 e. The van der Waals surface area contributed by atoms with E-state index >= 15 is 0 Å². The van der Waals surface area contributed by atoms with Crippen LogP contribution in [0.4, 0.5) is 0 Å². The predicted octanol–water partition coefficient (Wildman–Crippen LogP) is 5.03. The quantitative estimate of drug-likeness (QED) is 0.501. The van der Waals surface area contributed by atoms with Crippen LogP contribution in [-0.2, 0) is 0 Å². The minimum Gasteiger partial charge on any atom is -0.0654 e. The summed E-state index contributed by atoms with van der Waals surface area (Å²) in [5.41, 5.74) is 0. The maximum atomic E-state index is 2.46. The summed E-state index contributed by atoms with van der Waals surface area (Å²) >= 11 is 0. The molecule has 0 heterocycles. The van der Waals surface area contributed by atoms with Crippen LogP contribution < -0.4 is 0 Å². The third-order valence-corrected chi connectivity index (χ3v) is 4.06. The Morgan fingerprint density at radius 2 is 1.71 bits per heavy atom. The second-order valence-electron chi connectivity index (χ2n) is 5.27. The Labute approximate surface area is 90.5 Å². The first kappa shape index (κ1) is 12.1. The van der Waals surface area contributed by atoms with E-state index in [9.17, 15) is 0 Å². The van der Waals surface area contributed by atoms with Crippen molar-refractivity contribution in [2.75, 3.05) is 0 Å². The highest BCUT2D eigenvalue weighted by Gasteiger charge is 2.35. The van der Waals surface area contributed by atoms with Gasteiger partial charge in [0.05, 0.1) is 0 Å². The first-order valence-corrected chi connectivity index (χ1v) is 6.79. The molecule has 0 nitrogen and oxygen atoms in total. The highest BCUT2D eigenvalue weighted by Crippen LogP contribution is 2.45. The Bertz CT molecular complexity index is 137. The molecule has 84 valence electrons. The van der Waals surface area contributed by atoms with E-state index < -0.39 is 0 Å². The third-order valence-electron chi connectivity index (χ3n) is 4.06. The molecule has 0 saturated heterocycles. The Morgan fingerprint density at radius 3 is 2.29 bits per heavy atom. The summed E-state index contributed by atoms with van der Waals surface area (Å²) in [5, 5.41) is 0. The summed E-state index contributed by atoms with van der Waals surface area (Å²) in [6, 6.07) is 0. The topological polar surface area (TPSA) is 0 Å². The van der Waals surface area contributed by atoms with Crippen molar-refractivity contribution in [3.63, 3.8) is 0 Å². The van der Waals surface area contributed by atoms with Crippen LogP contribution in [-0.4, -0.2) is 0 Å². The van der Waals surface area contributed by atoms with Gasteiger partial charge in [-0.05, 0) is 30.6 Å². The van der Waals surface area contributed by atoms with Gasteiger partial charge >= 0.3 is 0 Å². The minimum absolute atomic E-state index is 1.04. The predicted molar refractivity (Wildman–Crippen MR) is 64.4 cm³/mol. The van der Waals surface area contributed by atoms with E-state index in [2.05, 4.69) is 20.8 Å². The Hall–Kier alpha value is 0. The van der Waals surface area contributed by atoms with Gasteiger partial charge in [0.15, 0.2) is 0 Å². The van der Waals surface area contributed by atoms with Gasteiger partial charge in [0.1, 0.15) is 0 Å². The maximum absolute atomic E-state index is 2.46. The molecule has 14 heavy (non-hydrogen) atoms. The SMILES string of the molecule is CCCCCCC1C(C)CC1CCC. The van der Waals surface area contributed by atoms with Gasteiger partial charge in [-0.1, -0.05) is 59.3 Å². The van der Waals surface area contributed by atoms with Crippen LogP contribution in [0.3, 0.4) is 0 Å². The van der Waals surface area contributed by atoms with Crippen molar-refractivity contribution in [2.24, 2.45) is 17.8 Å². The van der Waals surface area contributed by atoms with Crippen LogP contribution in [0.1, 0.15) is 72.1 Å². The molecule has 0 spiro atoms. The van der Waals surface area contributed by atoms with Crippen molar-refractivity contribution in [2.45, 2.75) is 72.1 Å². The lowest BCUT2D eigenvalue weighted by Gasteiger charge is -2.43. The Balaban J connectivity index is 2.08. The largest absolute Gasteiger partial charge is 0.0654 e.